The largest absolute Gasteiger partial charge is 0.373 e. The number of hydrogen-bond donors (Lipinski definition) is 1. The van der Waals surface area contributed by atoms with E-state index in [2.05, 4.69) is 47.5 Å². The van der Waals surface area contributed by atoms with Crippen molar-refractivity contribution < 1.29 is 0 Å². The van der Waals surface area contributed by atoms with E-state index >= 15 is 0 Å². The lowest BCUT2D eigenvalue weighted by molar-refractivity contribution is 0.852. The Morgan fingerprint density at radius 3 is 2.59 bits per heavy atom. The van der Waals surface area contributed by atoms with Crippen molar-refractivity contribution in [2.75, 3.05) is 12.4 Å². The second kappa shape index (κ2) is 4.84. The lowest BCUT2D eigenvalue weighted by atomic mass is 9.98. The summed E-state index contributed by atoms with van der Waals surface area (Å²) < 4.78 is 0. The number of anilines is 1. The molecule has 2 aromatic rings. The molecule has 0 aromatic carbocycles. The minimum absolute atomic E-state index is 0.397. The summed E-state index contributed by atoms with van der Waals surface area (Å²) >= 11 is 1.75. The highest BCUT2D eigenvalue weighted by molar-refractivity contribution is 7.10. The van der Waals surface area contributed by atoms with Gasteiger partial charge in [0.05, 0.1) is 5.69 Å². The molecule has 0 aliphatic heterocycles. The number of rotatable bonds is 3. The Labute approximate surface area is 106 Å². The lowest BCUT2D eigenvalue weighted by Gasteiger charge is -2.14. The highest BCUT2D eigenvalue weighted by atomic mass is 32.1. The molecule has 0 spiro atoms. The van der Waals surface area contributed by atoms with Crippen molar-refractivity contribution in [2.24, 2.45) is 0 Å². The smallest absolute Gasteiger partial charge is 0.133 e. The fraction of sp³-hybridized carbons (Fsp3) is 0.385. The predicted molar refractivity (Wildman–Crippen MR) is 73.7 cm³/mol. The van der Waals surface area contributed by atoms with E-state index in [4.69, 9.17) is 0 Å². The van der Waals surface area contributed by atoms with E-state index in [1.54, 1.807) is 17.7 Å². The van der Waals surface area contributed by atoms with Gasteiger partial charge in [0.2, 0.25) is 0 Å². The first-order chi connectivity index (χ1) is 8.13. The van der Waals surface area contributed by atoms with Crippen LogP contribution in [0.2, 0.25) is 0 Å². The number of nitrogens with one attached hydrogen (secondary N) is 1. The third-order valence-electron chi connectivity index (χ3n) is 2.70. The van der Waals surface area contributed by atoms with Crippen LogP contribution in [0.15, 0.2) is 17.8 Å². The fourth-order valence-electron chi connectivity index (χ4n) is 1.94. The van der Waals surface area contributed by atoms with Crippen LogP contribution in [0.4, 0.5) is 5.82 Å². The minimum atomic E-state index is 0.397. The van der Waals surface area contributed by atoms with Crippen LogP contribution >= 0.6 is 11.3 Å². The van der Waals surface area contributed by atoms with E-state index in [-0.39, 0.29) is 0 Å². The Morgan fingerprint density at radius 1 is 1.29 bits per heavy atom. The number of aryl methyl sites for hydroxylation is 1. The highest BCUT2D eigenvalue weighted by Crippen LogP contribution is 2.33. The van der Waals surface area contributed by atoms with Gasteiger partial charge in [0.15, 0.2) is 0 Å². The molecule has 0 amide bonds. The number of thiophene rings is 1. The summed E-state index contributed by atoms with van der Waals surface area (Å²) in [5.74, 6) is 1.32. The van der Waals surface area contributed by atoms with E-state index in [0.29, 0.717) is 5.92 Å². The first kappa shape index (κ1) is 12.0. The van der Waals surface area contributed by atoms with E-state index in [1.165, 1.54) is 16.0 Å². The van der Waals surface area contributed by atoms with Gasteiger partial charge >= 0.3 is 0 Å². The van der Waals surface area contributed by atoms with E-state index in [1.807, 2.05) is 7.05 Å². The van der Waals surface area contributed by atoms with Gasteiger partial charge in [-0.2, -0.15) is 0 Å². The van der Waals surface area contributed by atoms with Gasteiger partial charge in [-0.25, -0.2) is 9.97 Å². The van der Waals surface area contributed by atoms with E-state index in [0.717, 1.165) is 11.5 Å². The van der Waals surface area contributed by atoms with Gasteiger partial charge in [-0.3, -0.25) is 0 Å². The Balaban J connectivity index is 2.60. The summed E-state index contributed by atoms with van der Waals surface area (Å²) in [6.45, 7) is 6.45. The van der Waals surface area contributed by atoms with Crippen LogP contribution in [0.25, 0.3) is 11.3 Å². The maximum Gasteiger partial charge on any atom is 0.133 e. The number of hydrogen-bond acceptors (Lipinski definition) is 4. The van der Waals surface area contributed by atoms with Crippen LogP contribution in [0.1, 0.15) is 30.2 Å². The van der Waals surface area contributed by atoms with Crippen LogP contribution in [0.3, 0.4) is 0 Å². The topological polar surface area (TPSA) is 37.8 Å². The van der Waals surface area contributed by atoms with Crippen molar-refractivity contribution in [3.8, 4) is 11.3 Å². The highest BCUT2D eigenvalue weighted by Gasteiger charge is 2.16. The van der Waals surface area contributed by atoms with Crippen LogP contribution in [-0.4, -0.2) is 17.0 Å². The molecule has 2 heterocycles. The van der Waals surface area contributed by atoms with E-state index in [9.17, 15) is 0 Å². The SMILES string of the molecule is CNc1ncnc(-c2csc(C)c2)c1C(C)C. The molecule has 0 saturated heterocycles. The second-order valence-corrected chi connectivity index (χ2v) is 5.45. The van der Waals surface area contributed by atoms with Gasteiger partial charge < -0.3 is 5.32 Å². The zero-order valence-electron chi connectivity index (χ0n) is 10.6. The molecule has 0 atom stereocenters. The van der Waals surface area contributed by atoms with Gasteiger partial charge in [0.25, 0.3) is 0 Å². The zero-order chi connectivity index (χ0) is 12.4. The van der Waals surface area contributed by atoms with Crippen LogP contribution in [0, 0.1) is 6.92 Å². The molecule has 3 nitrogen and oxygen atoms in total. The number of aromatic nitrogens is 2. The summed E-state index contributed by atoms with van der Waals surface area (Å²) in [6.07, 6.45) is 1.63. The molecule has 4 heteroatoms. The molecule has 0 fully saturated rings. The maximum absolute atomic E-state index is 4.45. The molecule has 2 aromatic heterocycles. The molecule has 2 rings (SSSR count). The molecule has 90 valence electrons. The summed E-state index contributed by atoms with van der Waals surface area (Å²) in [7, 11) is 1.90. The molecule has 1 N–H and O–H groups in total. The van der Waals surface area contributed by atoms with E-state index < -0.39 is 0 Å². The van der Waals surface area contributed by atoms with Crippen molar-refractivity contribution in [3.63, 3.8) is 0 Å². The molecule has 0 saturated carbocycles. The Kier molecular flexibility index (Phi) is 3.43. The summed E-state index contributed by atoms with van der Waals surface area (Å²) in [4.78, 5) is 10.0. The van der Waals surface area contributed by atoms with Gasteiger partial charge in [-0.05, 0) is 18.9 Å². The van der Waals surface area contributed by atoms with Crippen molar-refractivity contribution >= 4 is 17.2 Å². The van der Waals surface area contributed by atoms with Crippen LogP contribution < -0.4 is 5.32 Å². The molecule has 0 aliphatic rings. The monoisotopic (exact) mass is 247 g/mol. The third-order valence-corrected chi connectivity index (χ3v) is 3.56. The molecule has 17 heavy (non-hydrogen) atoms. The average Bonchev–Trinajstić information content (AvgIpc) is 2.74. The number of nitrogens with zero attached hydrogens (tertiary/aromatic N) is 2. The summed E-state index contributed by atoms with van der Waals surface area (Å²) in [5, 5.41) is 5.30. The van der Waals surface area contributed by atoms with Crippen molar-refractivity contribution in [3.05, 3.63) is 28.2 Å². The summed E-state index contributed by atoms with van der Waals surface area (Å²) in [5.41, 5.74) is 3.42. The first-order valence-electron chi connectivity index (χ1n) is 5.71. The van der Waals surface area contributed by atoms with Gasteiger partial charge in [0, 0.05) is 28.4 Å². The minimum Gasteiger partial charge on any atom is -0.373 e. The normalized spacial score (nSPS) is 10.9. The molecule has 0 aliphatic carbocycles. The molecular formula is C13H17N3S. The average molecular weight is 247 g/mol. The van der Waals surface area contributed by atoms with Crippen molar-refractivity contribution in [1.29, 1.82) is 0 Å². The van der Waals surface area contributed by atoms with Crippen LogP contribution in [-0.2, 0) is 0 Å². The maximum atomic E-state index is 4.45. The predicted octanol–water partition coefficient (Wildman–Crippen LogP) is 3.68. The molecule has 0 unspecified atom stereocenters. The standard InChI is InChI=1S/C13H17N3S/c1-8(2)11-12(10-5-9(3)17-6-10)15-7-16-13(11)14-4/h5-8H,1-4H3,(H,14,15,16). The quantitative estimate of drug-likeness (QED) is 0.899. The van der Waals surface area contributed by atoms with Crippen molar-refractivity contribution in [2.45, 2.75) is 26.7 Å². The Bertz CT molecular complexity index is 517. The first-order valence-corrected chi connectivity index (χ1v) is 6.59. The Morgan fingerprint density at radius 2 is 2.06 bits per heavy atom. The van der Waals surface area contributed by atoms with Crippen molar-refractivity contribution in [1.82, 2.24) is 9.97 Å². The van der Waals surface area contributed by atoms with Crippen LogP contribution in [0.5, 0.6) is 0 Å². The van der Waals surface area contributed by atoms with Gasteiger partial charge in [0.1, 0.15) is 12.1 Å². The molecule has 0 bridgehead atoms. The molecular weight excluding hydrogens is 230 g/mol. The van der Waals surface area contributed by atoms with Gasteiger partial charge in [-0.1, -0.05) is 13.8 Å². The summed E-state index contributed by atoms with van der Waals surface area (Å²) in [6, 6.07) is 2.18. The second-order valence-electron chi connectivity index (χ2n) is 4.34. The fourth-order valence-corrected chi connectivity index (χ4v) is 2.63. The molecule has 0 radical (unpaired) electrons. The zero-order valence-corrected chi connectivity index (χ0v) is 11.4. The third kappa shape index (κ3) is 2.31. The van der Waals surface area contributed by atoms with Gasteiger partial charge in [-0.15, -0.1) is 11.3 Å². The Hall–Kier alpha value is -1.42. The lowest BCUT2D eigenvalue weighted by Crippen LogP contribution is -2.04.